The number of nitrogens with one attached hydrogen (secondary N) is 1. The van der Waals surface area contributed by atoms with E-state index in [-0.39, 0.29) is 11.9 Å². The van der Waals surface area contributed by atoms with Crippen molar-refractivity contribution < 1.29 is 9.32 Å². The number of nitrogens with zero attached hydrogens (tertiary/aromatic N) is 3. The van der Waals surface area contributed by atoms with Crippen LogP contribution in [0.25, 0.3) is 0 Å². The largest absolute Gasteiger partial charge is 0.361 e. The van der Waals surface area contributed by atoms with Crippen molar-refractivity contribution in [3.05, 3.63) is 52.4 Å². The molecule has 2 aromatic rings. The normalized spacial score (nSPS) is 16.7. The van der Waals surface area contributed by atoms with E-state index in [1.165, 1.54) is 0 Å². The Morgan fingerprint density at radius 1 is 1.27 bits per heavy atom. The molecule has 1 aliphatic rings. The fourth-order valence-corrected chi connectivity index (χ4v) is 3.22. The van der Waals surface area contributed by atoms with Gasteiger partial charge in [0.2, 0.25) is 5.91 Å². The minimum atomic E-state index is 0.105. The third-order valence-electron chi connectivity index (χ3n) is 4.72. The second-order valence-electron chi connectivity index (χ2n) is 6.74. The fourth-order valence-electron chi connectivity index (χ4n) is 3.10. The first-order valence-corrected chi connectivity index (χ1v) is 9.30. The molecule has 3 rings (SSSR count). The van der Waals surface area contributed by atoms with Crippen molar-refractivity contribution >= 4 is 17.5 Å². The molecular weight excluding hydrogens is 352 g/mol. The van der Waals surface area contributed by atoms with Crippen molar-refractivity contribution in [2.75, 3.05) is 32.7 Å². The summed E-state index contributed by atoms with van der Waals surface area (Å²) in [5.41, 5.74) is 2.07. The molecule has 2 heterocycles. The van der Waals surface area contributed by atoms with Crippen LogP contribution in [-0.2, 0) is 11.3 Å². The van der Waals surface area contributed by atoms with E-state index in [0.717, 1.165) is 54.8 Å². The molecule has 0 saturated carbocycles. The number of hydrogen-bond donors (Lipinski definition) is 1. The molecule has 1 amide bonds. The number of aromatic nitrogens is 1. The van der Waals surface area contributed by atoms with Gasteiger partial charge in [0.25, 0.3) is 0 Å². The van der Waals surface area contributed by atoms with Gasteiger partial charge in [0.05, 0.1) is 12.2 Å². The highest BCUT2D eigenvalue weighted by atomic mass is 35.5. The zero-order valence-electron chi connectivity index (χ0n) is 15.2. The maximum absolute atomic E-state index is 12.5. The molecule has 0 bridgehead atoms. The molecule has 1 aromatic heterocycles. The molecule has 1 aromatic carbocycles. The van der Waals surface area contributed by atoms with Gasteiger partial charge in [-0.3, -0.25) is 9.69 Å². The zero-order valence-corrected chi connectivity index (χ0v) is 16.0. The third-order valence-corrected chi connectivity index (χ3v) is 4.97. The Balaban J connectivity index is 1.41. The maximum Gasteiger partial charge on any atom is 0.236 e. The standard InChI is InChI=1S/C19H25ClN4O2/c1-14-11-18(22-26-14)13-23-7-9-24(10-8-23)19(25)12-21-15(2)16-3-5-17(20)6-4-16/h3-6,11,15,21H,7-10,12-13H2,1-2H3/t15-/m0/s1. The lowest BCUT2D eigenvalue weighted by Crippen LogP contribution is -2.50. The van der Waals surface area contributed by atoms with E-state index in [2.05, 4.69) is 15.4 Å². The van der Waals surface area contributed by atoms with Crippen LogP contribution in [0.1, 0.15) is 30.0 Å². The van der Waals surface area contributed by atoms with Crippen LogP contribution in [0.15, 0.2) is 34.9 Å². The number of benzene rings is 1. The molecule has 0 unspecified atom stereocenters. The summed E-state index contributed by atoms with van der Waals surface area (Å²) in [6, 6.07) is 9.76. The van der Waals surface area contributed by atoms with Crippen LogP contribution in [0, 0.1) is 6.92 Å². The molecule has 26 heavy (non-hydrogen) atoms. The predicted octanol–water partition coefficient (Wildman–Crippen LogP) is 2.63. The van der Waals surface area contributed by atoms with Gasteiger partial charge in [0, 0.05) is 49.9 Å². The van der Waals surface area contributed by atoms with Crippen LogP contribution in [0.3, 0.4) is 0 Å². The molecule has 0 spiro atoms. The number of rotatable bonds is 6. The van der Waals surface area contributed by atoms with Gasteiger partial charge in [0.1, 0.15) is 5.76 Å². The van der Waals surface area contributed by atoms with E-state index in [4.69, 9.17) is 16.1 Å². The van der Waals surface area contributed by atoms with Gasteiger partial charge in [-0.2, -0.15) is 0 Å². The zero-order chi connectivity index (χ0) is 18.5. The van der Waals surface area contributed by atoms with Crippen molar-refractivity contribution in [1.82, 2.24) is 20.3 Å². The minimum absolute atomic E-state index is 0.105. The number of hydrogen-bond acceptors (Lipinski definition) is 5. The highest BCUT2D eigenvalue weighted by Crippen LogP contribution is 2.16. The summed E-state index contributed by atoms with van der Waals surface area (Å²) in [5, 5.41) is 8.05. The van der Waals surface area contributed by atoms with Gasteiger partial charge in [-0.1, -0.05) is 28.9 Å². The van der Waals surface area contributed by atoms with Crippen LogP contribution < -0.4 is 5.32 Å². The number of piperazine rings is 1. The summed E-state index contributed by atoms with van der Waals surface area (Å²) in [6.45, 7) is 8.24. The molecule has 1 atom stereocenters. The average Bonchev–Trinajstić information content (AvgIpc) is 3.05. The summed E-state index contributed by atoms with van der Waals surface area (Å²) >= 11 is 5.92. The lowest BCUT2D eigenvalue weighted by Gasteiger charge is -2.34. The summed E-state index contributed by atoms with van der Waals surface area (Å²) in [5.74, 6) is 0.970. The van der Waals surface area contributed by atoms with Crippen molar-refractivity contribution in [3.63, 3.8) is 0 Å². The first kappa shape index (κ1) is 18.9. The van der Waals surface area contributed by atoms with E-state index in [9.17, 15) is 4.79 Å². The smallest absolute Gasteiger partial charge is 0.236 e. The third kappa shape index (κ3) is 5.06. The van der Waals surface area contributed by atoms with Crippen LogP contribution in [-0.4, -0.2) is 53.6 Å². The number of amides is 1. The summed E-state index contributed by atoms with van der Waals surface area (Å²) in [7, 11) is 0. The van der Waals surface area contributed by atoms with Gasteiger partial charge in [-0.05, 0) is 31.5 Å². The Morgan fingerprint density at radius 2 is 1.96 bits per heavy atom. The van der Waals surface area contributed by atoms with Crippen molar-refractivity contribution in [2.45, 2.75) is 26.4 Å². The molecule has 6 nitrogen and oxygen atoms in total. The second kappa shape index (κ2) is 8.66. The Labute approximate surface area is 159 Å². The van der Waals surface area contributed by atoms with Crippen LogP contribution in [0.4, 0.5) is 0 Å². The monoisotopic (exact) mass is 376 g/mol. The molecule has 1 aliphatic heterocycles. The first-order valence-electron chi connectivity index (χ1n) is 8.92. The molecule has 1 saturated heterocycles. The Kier molecular flexibility index (Phi) is 6.29. The SMILES string of the molecule is Cc1cc(CN2CCN(C(=O)CN[C@@H](C)c3ccc(Cl)cc3)CC2)no1. The summed E-state index contributed by atoms with van der Waals surface area (Å²) in [6.07, 6.45) is 0. The van der Waals surface area contributed by atoms with Gasteiger partial charge in [0.15, 0.2) is 0 Å². The van der Waals surface area contributed by atoms with Crippen LogP contribution in [0.2, 0.25) is 5.02 Å². The van der Waals surface area contributed by atoms with Gasteiger partial charge >= 0.3 is 0 Å². The number of carbonyl (C=O) groups excluding carboxylic acids is 1. The van der Waals surface area contributed by atoms with E-state index >= 15 is 0 Å². The number of aryl methyl sites for hydroxylation is 1. The number of halogens is 1. The molecule has 7 heteroatoms. The molecular formula is C19H25ClN4O2. The van der Waals surface area contributed by atoms with Crippen LogP contribution in [0.5, 0.6) is 0 Å². The van der Waals surface area contributed by atoms with E-state index in [1.807, 2.05) is 49.1 Å². The van der Waals surface area contributed by atoms with Gasteiger partial charge in [-0.15, -0.1) is 0 Å². The van der Waals surface area contributed by atoms with E-state index < -0.39 is 0 Å². The predicted molar refractivity (Wildman–Crippen MR) is 101 cm³/mol. The highest BCUT2D eigenvalue weighted by Gasteiger charge is 2.22. The molecule has 0 radical (unpaired) electrons. The lowest BCUT2D eigenvalue weighted by molar-refractivity contribution is -0.132. The topological polar surface area (TPSA) is 61.6 Å². The first-order chi connectivity index (χ1) is 12.5. The summed E-state index contributed by atoms with van der Waals surface area (Å²) < 4.78 is 5.11. The maximum atomic E-state index is 12.5. The average molecular weight is 377 g/mol. The highest BCUT2D eigenvalue weighted by molar-refractivity contribution is 6.30. The molecule has 140 valence electrons. The fraction of sp³-hybridized carbons (Fsp3) is 0.474. The Hall–Kier alpha value is -1.89. The van der Waals surface area contributed by atoms with Crippen LogP contribution >= 0.6 is 11.6 Å². The molecule has 1 fully saturated rings. The second-order valence-corrected chi connectivity index (χ2v) is 7.18. The minimum Gasteiger partial charge on any atom is -0.361 e. The summed E-state index contributed by atoms with van der Waals surface area (Å²) in [4.78, 5) is 16.7. The van der Waals surface area contributed by atoms with Crippen molar-refractivity contribution in [1.29, 1.82) is 0 Å². The molecule has 1 N–H and O–H groups in total. The van der Waals surface area contributed by atoms with Gasteiger partial charge in [-0.25, -0.2) is 0 Å². The lowest BCUT2D eigenvalue weighted by atomic mass is 10.1. The van der Waals surface area contributed by atoms with Crippen molar-refractivity contribution in [3.8, 4) is 0 Å². The van der Waals surface area contributed by atoms with Crippen molar-refractivity contribution in [2.24, 2.45) is 0 Å². The number of carbonyl (C=O) groups is 1. The Morgan fingerprint density at radius 3 is 2.58 bits per heavy atom. The van der Waals surface area contributed by atoms with Gasteiger partial charge < -0.3 is 14.7 Å². The molecule has 0 aliphatic carbocycles. The Bertz CT molecular complexity index is 723. The van der Waals surface area contributed by atoms with E-state index in [1.54, 1.807) is 0 Å². The quantitative estimate of drug-likeness (QED) is 0.839. The van der Waals surface area contributed by atoms with E-state index in [0.29, 0.717) is 6.54 Å².